The van der Waals surface area contributed by atoms with Crippen LogP contribution in [0.3, 0.4) is 0 Å². The van der Waals surface area contributed by atoms with Crippen molar-refractivity contribution in [2.24, 2.45) is 0 Å². The minimum atomic E-state index is -0.426. The van der Waals surface area contributed by atoms with Gasteiger partial charge in [-0.2, -0.15) is 0 Å². The third-order valence-corrected chi connectivity index (χ3v) is 1.99. The van der Waals surface area contributed by atoms with Crippen molar-refractivity contribution in [3.63, 3.8) is 0 Å². The Morgan fingerprint density at radius 1 is 1.36 bits per heavy atom. The highest BCUT2D eigenvalue weighted by Gasteiger charge is 2.04. The van der Waals surface area contributed by atoms with Gasteiger partial charge in [-0.3, -0.25) is 0 Å². The normalized spacial score (nSPS) is 10.4. The summed E-state index contributed by atoms with van der Waals surface area (Å²) in [5, 5.41) is 13.0. The molecule has 0 saturated carbocycles. The first-order valence-electron chi connectivity index (χ1n) is 4.15. The molecule has 0 aliphatic carbocycles. The molecule has 1 aromatic heterocycles. The minimum Gasteiger partial charge on any atom is -0.508 e. The molecular weight excluding hydrogens is 182 g/mol. The Labute approximate surface area is 79.8 Å². The number of nitrogens with one attached hydrogen (secondary N) is 1. The van der Waals surface area contributed by atoms with Gasteiger partial charge in [0.25, 0.3) is 0 Å². The number of aromatic hydroxyl groups is 1. The Morgan fingerprint density at radius 3 is 2.86 bits per heavy atom. The molecule has 4 nitrogen and oxygen atoms in total. The Hall–Kier alpha value is -1.97. The van der Waals surface area contributed by atoms with Crippen molar-refractivity contribution < 1.29 is 9.52 Å². The van der Waals surface area contributed by atoms with Crippen molar-refractivity contribution >= 4 is 16.7 Å². The number of hydrogen-bond acceptors (Lipinski definition) is 4. The first-order valence-corrected chi connectivity index (χ1v) is 4.15. The van der Waals surface area contributed by atoms with E-state index in [1.54, 1.807) is 19.2 Å². The van der Waals surface area contributed by atoms with E-state index in [1.807, 2.05) is 0 Å². The fourth-order valence-electron chi connectivity index (χ4n) is 1.37. The second-order valence-corrected chi connectivity index (χ2v) is 2.91. The Kier molecular flexibility index (Phi) is 1.89. The van der Waals surface area contributed by atoms with Gasteiger partial charge in [-0.25, -0.2) is 4.79 Å². The quantitative estimate of drug-likeness (QED) is 0.671. The molecule has 0 amide bonds. The first kappa shape index (κ1) is 8.62. The average Bonchev–Trinajstić information content (AvgIpc) is 2.15. The molecule has 0 spiro atoms. The first-order chi connectivity index (χ1) is 6.70. The van der Waals surface area contributed by atoms with Crippen molar-refractivity contribution in [1.82, 2.24) is 0 Å². The lowest BCUT2D eigenvalue weighted by molar-refractivity contribution is 0.473. The molecule has 0 aliphatic heterocycles. The lowest BCUT2D eigenvalue weighted by Crippen LogP contribution is -1.96. The molecule has 0 radical (unpaired) electrons. The summed E-state index contributed by atoms with van der Waals surface area (Å²) in [6.45, 7) is 0. The SMILES string of the molecule is CNc1cc(O)cc2oc(=O)ccc12. The van der Waals surface area contributed by atoms with E-state index < -0.39 is 5.63 Å². The molecule has 0 atom stereocenters. The van der Waals surface area contributed by atoms with E-state index in [-0.39, 0.29) is 5.75 Å². The molecule has 72 valence electrons. The second-order valence-electron chi connectivity index (χ2n) is 2.91. The largest absolute Gasteiger partial charge is 0.508 e. The molecule has 0 bridgehead atoms. The summed E-state index contributed by atoms with van der Waals surface area (Å²) in [6, 6.07) is 5.99. The van der Waals surface area contributed by atoms with Crippen LogP contribution in [0.25, 0.3) is 11.0 Å². The van der Waals surface area contributed by atoms with Crippen LogP contribution in [0.5, 0.6) is 5.75 Å². The maximum atomic E-state index is 10.9. The summed E-state index contributed by atoms with van der Waals surface area (Å²) in [5.41, 5.74) is 0.677. The van der Waals surface area contributed by atoms with Gasteiger partial charge in [-0.1, -0.05) is 0 Å². The molecule has 0 aliphatic rings. The van der Waals surface area contributed by atoms with E-state index in [0.29, 0.717) is 5.58 Å². The van der Waals surface area contributed by atoms with Crippen LogP contribution in [-0.2, 0) is 0 Å². The number of rotatable bonds is 1. The Balaban J connectivity index is 2.87. The Bertz CT molecular complexity index is 530. The van der Waals surface area contributed by atoms with Gasteiger partial charge in [-0.15, -0.1) is 0 Å². The highest BCUT2D eigenvalue weighted by molar-refractivity contribution is 5.91. The van der Waals surface area contributed by atoms with Crippen LogP contribution in [0.4, 0.5) is 5.69 Å². The maximum Gasteiger partial charge on any atom is 0.336 e. The zero-order valence-corrected chi connectivity index (χ0v) is 7.57. The lowest BCUT2D eigenvalue weighted by atomic mass is 10.2. The number of phenolic OH excluding ortho intramolecular Hbond substituents is 1. The summed E-state index contributed by atoms with van der Waals surface area (Å²) < 4.78 is 4.93. The summed E-state index contributed by atoms with van der Waals surface area (Å²) in [6.07, 6.45) is 0. The zero-order chi connectivity index (χ0) is 10.1. The predicted octanol–water partition coefficient (Wildman–Crippen LogP) is 1.54. The molecule has 0 unspecified atom stereocenters. The minimum absolute atomic E-state index is 0.0659. The fraction of sp³-hybridized carbons (Fsp3) is 0.100. The van der Waals surface area contributed by atoms with E-state index in [1.165, 1.54) is 12.1 Å². The van der Waals surface area contributed by atoms with Gasteiger partial charge < -0.3 is 14.8 Å². The van der Waals surface area contributed by atoms with E-state index in [9.17, 15) is 9.90 Å². The van der Waals surface area contributed by atoms with E-state index in [4.69, 9.17) is 4.42 Å². The molecule has 2 rings (SSSR count). The molecule has 0 fully saturated rings. The van der Waals surface area contributed by atoms with Crippen LogP contribution in [-0.4, -0.2) is 12.2 Å². The van der Waals surface area contributed by atoms with Gasteiger partial charge >= 0.3 is 5.63 Å². The average molecular weight is 191 g/mol. The van der Waals surface area contributed by atoms with Crippen molar-refractivity contribution in [3.05, 3.63) is 34.7 Å². The van der Waals surface area contributed by atoms with Gasteiger partial charge in [0.15, 0.2) is 0 Å². The third-order valence-electron chi connectivity index (χ3n) is 1.99. The highest BCUT2D eigenvalue weighted by atomic mass is 16.4. The monoisotopic (exact) mass is 191 g/mol. The van der Waals surface area contributed by atoms with Crippen molar-refractivity contribution in [3.8, 4) is 5.75 Å². The van der Waals surface area contributed by atoms with Crippen LogP contribution in [0.1, 0.15) is 0 Å². The van der Waals surface area contributed by atoms with Crippen molar-refractivity contribution in [1.29, 1.82) is 0 Å². The number of hydrogen-bond donors (Lipinski definition) is 2. The molecule has 2 aromatic rings. The summed E-state index contributed by atoms with van der Waals surface area (Å²) in [4.78, 5) is 10.9. The highest BCUT2D eigenvalue weighted by Crippen LogP contribution is 2.27. The van der Waals surface area contributed by atoms with Gasteiger partial charge in [-0.05, 0) is 6.07 Å². The summed E-state index contributed by atoms with van der Waals surface area (Å²) >= 11 is 0. The second kappa shape index (κ2) is 3.06. The van der Waals surface area contributed by atoms with Crippen molar-refractivity contribution in [2.75, 3.05) is 12.4 Å². The Morgan fingerprint density at radius 2 is 2.14 bits per heavy atom. The van der Waals surface area contributed by atoms with E-state index in [2.05, 4.69) is 5.32 Å². The zero-order valence-electron chi connectivity index (χ0n) is 7.57. The van der Waals surface area contributed by atoms with Crippen LogP contribution >= 0.6 is 0 Å². The number of anilines is 1. The van der Waals surface area contributed by atoms with E-state index in [0.717, 1.165) is 11.1 Å². The molecule has 2 N–H and O–H groups in total. The number of phenols is 1. The standard InChI is InChI=1S/C10H9NO3/c1-11-8-4-6(12)5-9-7(8)2-3-10(13)14-9/h2-5,11-12H,1H3. The van der Waals surface area contributed by atoms with Crippen LogP contribution in [0.15, 0.2) is 33.5 Å². The van der Waals surface area contributed by atoms with Crippen LogP contribution < -0.4 is 10.9 Å². The third kappa shape index (κ3) is 1.31. The van der Waals surface area contributed by atoms with Gasteiger partial charge in [0, 0.05) is 36.3 Å². The van der Waals surface area contributed by atoms with Crippen LogP contribution in [0, 0.1) is 0 Å². The molecule has 1 aromatic carbocycles. The molecule has 14 heavy (non-hydrogen) atoms. The van der Waals surface area contributed by atoms with Gasteiger partial charge in [0.2, 0.25) is 0 Å². The molecule has 4 heteroatoms. The summed E-state index contributed by atoms with van der Waals surface area (Å²) in [5.74, 6) is 0.0659. The van der Waals surface area contributed by atoms with Crippen molar-refractivity contribution in [2.45, 2.75) is 0 Å². The smallest absolute Gasteiger partial charge is 0.336 e. The van der Waals surface area contributed by atoms with Gasteiger partial charge in [0.1, 0.15) is 11.3 Å². The maximum absolute atomic E-state index is 10.9. The number of benzene rings is 1. The predicted molar refractivity (Wildman–Crippen MR) is 53.7 cm³/mol. The topological polar surface area (TPSA) is 62.5 Å². The molecule has 0 saturated heterocycles. The lowest BCUT2D eigenvalue weighted by Gasteiger charge is -2.04. The van der Waals surface area contributed by atoms with Crippen LogP contribution in [0.2, 0.25) is 0 Å². The summed E-state index contributed by atoms with van der Waals surface area (Å²) in [7, 11) is 1.74. The van der Waals surface area contributed by atoms with E-state index >= 15 is 0 Å². The molecule has 1 heterocycles. The molecular formula is C10H9NO3. The van der Waals surface area contributed by atoms with Gasteiger partial charge in [0.05, 0.1) is 0 Å². The number of fused-ring (bicyclic) bond motifs is 1. The fourth-order valence-corrected chi connectivity index (χ4v) is 1.37.